The van der Waals surface area contributed by atoms with E-state index in [1.807, 2.05) is 32.0 Å². The van der Waals surface area contributed by atoms with Crippen LogP contribution in [0.1, 0.15) is 13.8 Å². The van der Waals surface area contributed by atoms with Gasteiger partial charge in [-0.3, -0.25) is 0 Å². The summed E-state index contributed by atoms with van der Waals surface area (Å²) in [4.78, 5) is 0. The first kappa shape index (κ1) is 16.8. The third kappa shape index (κ3) is 7.33. The van der Waals surface area contributed by atoms with Gasteiger partial charge < -0.3 is 24.6 Å². The van der Waals surface area contributed by atoms with Gasteiger partial charge in [0.2, 0.25) is 0 Å². The van der Waals surface area contributed by atoms with Crippen LogP contribution in [0, 0.1) is 0 Å². The second-order valence-corrected chi connectivity index (χ2v) is 4.77. The minimum Gasteiger partial charge on any atom is -0.497 e. The summed E-state index contributed by atoms with van der Waals surface area (Å²) in [5, 5.41) is 12.9. The second-order valence-electron chi connectivity index (χ2n) is 4.77. The molecule has 114 valence electrons. The molecule has 0 radical (unpaired) electrons. The fraction of sp³-hybridized carbons (Fsp3) is 0.600. The van der Waals surface area contributed by atoms with Gasteiger partial charge in [0.15, 0.2) is 0 Å². The molecule has 0 saturated heterocycles. The first-order chi connectivity index (χ1) is 9.61. The van der Waals surface area contributed by atoms with E-state index in [0.717, 1.165) is 5.75 Å². The van der Waals surface area contributed by atoms with Crippen molar-refractivity contribution in [2.45, 2.75) is 26.1 Å². The van der Waals surface area contributed by atoms with Crippen molar-refractivity contribution in [3.63, 3.8) is 0 Å². The van der Waals surface area contributed by atoms with Crippen LogP contribution >= 0.6 is 0 Å². The number of methoxy groups -OCH3 is 1. The van der Waals surface area contributed by atoms with Crippen molar-refractivity contribution in [2.24, 2.45) is 0 Å². The fourth-order valence-electron chi connectivity index (χ4n) is 1.58. The zero-order chi connectivity index (χ0) is 14.8. The molecule has 0 saturated carbocycles. The van der Waals surface area contributed by atoms with Gasteiger partial charge in [0.25, 0.3) is 0 Å². The van der Waals surface area contributed by atoms with E-state index >= 15 is 0 Å². The number of aliphatic hydroxyl groups excluding tert-OH is 1. The largest absolute Gasteiger partial charge is 0.497 e. The normalized spacial score (nSPS) is 12.4. The highest BCUT2D eigenvalue weighted by Crippen LogP contribution is 2.18. The molecule has 1 aromatic rings. The number of aliphatic hydroxyl groups is 1. The van der Waals surface area contributed by atoms with Crippen molar-refractivity contribution in [3.05, 3.63) is 24.3 Å². The molecule has 1 rings (SSSR count). The predicted molar refractivity (Wildman–Crippen MR) is 78.5 cm³/mol. The molecule has 0 spiro atoms. The van der Waals surface area contributed by atoms with Crippen molar-refractivity contribution in [2.75, 3.05) is 33.4 Å². The van der Waals surface area contributed by atoms with Crippen molar-refractivity contribution in [3.8, 4) is 11.5 Å². The molecule has 1 unspecified atom stereocenters. The van der Waals surface area contributed by atoms with Crippen LogP contribution < -0.4 is 14.8 Å². The molecule has 0 fully saturated rings. The van der Waals surface area contributed by atoms with E-state index in [4.69, 9.17) is 14.2 Å². The number of hydrogen-bond donors (Lipinski definition) is 2. The van der Waals surface area contributed by atoms with Gasteiger partial charge in [-0.25, -0.2) is 0 Å². The Balaban J connectivity index is 2.14. The molecule has 1 aromatic carbocycles. The molecule has 0 aliphatic carbocycles. The summed E-state index contributed by atoms with van der Waals surface area (Å²) < 4.78 is 16.0. The average molecular weight is 283 g/mol. The van der Waals surface area contributed by atoms with E-state index in [9.17, 15) is 5.11 Å². The standard InChI is InChI=1S/C15H25NO4/c1-12(2)19-8-7-16-10-13(17)11-20-15-6-4-5-14(9-15)18-3/h4-6,9,12-13,16-17H,7-8,10-11H2,1-3H3. The highest BCUT2D eigenvalue weighted by atomic mass is 16.5. The van der Waals surface area contributed by atoms with Crippen LogP contribution in [-0.2, 0) is 4.74 Å². The van der Waals surface area contributed by atoms with Crippen LogP contribution in [0.25, 0.3) is 0 Å². The van der Waals surface area contributed by atoms with Crippen molar-refractivity contribution in [1.82, 2.24) is 5.32 Å². The van der Waals surface area contributed by atoms with E-state index in [1.165, 1.54) is 0 Å². The van der Waals surface area contributed by atoms with Crippen LogP contribution in [0.2, 0.25) is 0 Å². The minimum atomic E-state index is -0.555. The molecule has 20 heavy (non-hydrogen) atoms. The second kappa shape index (κ2) is 9.58. The Morgan fingerprint density at radius 1 is 1.25 bits per heavy atom. The van der Waals surface area contributed by atoms with Gasteiger partial charge in [-0.05, 0) is 26.0 Å². The third-order valence-corrected chi connectivity index (χ3v) is 2.59. The minimum absolute atomic E-state index is 0.234. The first-order valence-corrected chi connectivity index (χ1v) is 6.89. The van der Waals surface area contributed by atoms with E-state index in [2.05, 4.69) is 5.32 Å². The van der Waals surface area contributed by atoms with Crippen molar-refractivity contribution >= 4 is 0 Å². The summed E-state index contributed by atoms with van der Waals surface area (Å²) in [5.74, 6) is 1.42. The fourth-order valence-corrected chi connectivity index (χ4v) is 1.58. The molecule has 0 bridgehead atoms. The lowest BCUT2D eigenvalue weighted by atomic mass is 10.3. The summed E-state index contributed by atoms with van der Waals surface area (Å²) in [6, 6.07) is 7.32. The predicted octanol–water partition coefficient (Wildman–Crippen LogP) is 1.45. The topological polar surface area (TPSA) is 60.0 Å². The molecule has 5 nitrogen and oxygen atoms in total. The maximum absolute atomic E-state index is 9.79. The summed E-state index contributed by atoms with van der Waals surface area (Å²) in [5.41, 5.74) is 0. The molecule has 0 amide bonds. The van der Waals surface area contributed by atoms with Gasteiger partial charge in [-0.1, -0.05) is 6.07 Å². The summed E-state index contributed by atoms with van der Waals surface area (Å²) in [6.07, 6.45) is -0.321. The van der Waals surface area contributed by atoms with Crippen LogP contribution in [-0.4, -0.2) is 50.7 Å². The lowest BCUT2D eigenvalue weighted by Crippen LogP contribution is -2.33. The Kier molecular flexibility index (Phi) is 8.02. The van der Waals surface area contributed by atoms with Crippen LogP contribution in [0.5, 0.6) is 11.5 Å². The molecule has 2 N–H and O–H groups in total. The van der Waals surface area contributed by atoms with Gasteiger partial charge in [0.1, 0.15) is 24.2 Å². The van der Waals surface area contributed by atoms with E-state index in [-0.39, 0.29) is 12.7 Å². The van der Waals surface area contributed by atoms with Crippen molar-refractivity contribution < 1.29 is 19.3 Å². The highest BCUT2D eigenvalue weighted by Gasteiger charge is 2.05. The molecule has 0 aliphatic heterocycles. The van der Waals surface area contributed by atoms with Crippen LogP contribution in [0.3, 0.4) is 0 Å². The van der Waals surface area contributed by atoms with E-state index in [1.54, 1.807) is 13.2 Å². The van der Waals surface area contributed by atoms with E-state index < -0.39 is 6.10 Å². The Hall–Kier alpha value is -1.30. The Morgan fingerprint density at radius 3 is 2.70 bits per heavy atom. The Labute approximate surface area is 120 Å². The summed E-state index contributed by atoms with van der Waals surface area (Å²) in [7, 11) is 1.61. The SMILES string of the molecule is COc1cccc(OCC(O)CNCCOC(C)C)c1. The van der Waals surface area contributed by atoms with Crippen molar-refractivity contribution in [1.29, 1.82) is 0 Å². The molecular weight excluding hydrogens is 258 g/mol. The van der Waals surface area contributed by atoms with Gasteiger partial charge in [-0.15, -0.1) is 0 Å². The zero-order valence-electron chi connectivity index (χ0n) is 12.5. The molecule has 1 atom stereocenters. The third-order valence-electron chi connectivity index (χ3n) is 2.59. The summed E-state index contributed by atoms with van der Waals surface area (Å²) in [6.45, 7) is 6.07. The smallest absolute Gasteiger partial charge is 0.123 e. The molecule has 0 aliphatic rings. The molecule has 5 heteroatoms. The Bertz CT molecular complexity index is 371. The highest BCUT2D eigenvalue weighted by molar-refractivity contribution is 5.32. The van der Waals surface area contributed by atoms with Crippen LogP contribution in [0.15, 0.2) is 24.3 Å². The van der Waals surface area contributed by atoms with Gasteiger partial charge in [0.05, 0.1) is 19.8 Å². The zero-order valence-corrected chi connectivity index (χ0v) is 12.5. The van der Waals surface area contributed by atoms with Gasteiger partial charge >= 0.3 is 0 Å². The number of ether oxygens (including phenoxy) is 3. The molecule has 0 heterocycles. The molecule has 0 aromatic heterocycles. The lowest BCUT2D eigenvalue weighted by molar-refractivity contribution is 0.0735. The quantitative estimate of drug-likeness (QED) is 0.636. The van der Waals surface area contributed by atoms with Gasteiger partial charge in [0, 0.05) is 19.2 Å². The van der Waals surface area contributed by atoms with Gasteiger partial charge in [-0.2, -0.15) is 0 Å². The maximum atomic E-state index is 9.79. The monoisotopic (exact) mass is 283 g/mol. The average Bonchev–Trinajstić information content (AvgIpc) is 2.44. The summed E-state index contributed by atoms with van der Waals surface area (Å²) >= 11 is 0. The number of hydrogen-bond acceptors (Lipinski definition) is 5. The number of rotatable bonds is 10. The first-order valence-electron chi connectivity index (χ1n) is 6.89. The Morgan fingerprint density at radius 2 is 2.00 bits per heavy atom. The maximum Gasteiger partial charge on any atom is 0.123 e. The van der Waals surface area contributed by atoms with E-state index in [0.29, 0.717) is 25.4 Å². The number of nitrogens with one attached hydrogen (secondary N) is 1. The molecular formula is C15H25NO4. The lowest BCUT2D eigenvalue weighted by Gasteiger charge is -2.14. The van der Waals surface area contributed by atoms with Crippen LogP contribution in [0.4, 0.5) is 0 Å². The number of benzene rings is 1.